The van der Waals surface area contributed by atoms with Crippen LogP contribution in [0.2, 0.25) is 0 Å². The van der Waals surface area contributed by atoms with Gasteiger partial charge in [0.05, 0.1) is 13.2 Å². The minimum Gasteiger partial charge on any atom is -0.464 e. The molecule has 0 amide bonds. The van der Waals surface area contributed by atoms with Crippen LogP contribution in [-0.4, -0.2) is 38.8 Å². The van der Waals surface area contributed by atoms with E-state index >= 15 is 0 Å². The van der Waals surface area contributed by atoms with E-state index in [1.54, 1.807) is 11.5 Å². The fraction of sp³-hybridized carbons (Fsp3) is 0.588. The van der Waals surface area contributed by atoms with E-state index in [1.165, 1.54) is 6.42 Å². The Bertz CT molecular complexity index is 880. The van der Waals surface area contributed by atoms with Crippen LogP contribution in [0.25, 0.3) is 11.2 Å². The summed E-state index contributed by atoms with van der Waals surface area (Å²) in [6.07, 6.45) is 4.36. The molecule has 0 atom stereocenters. The molecular formula is C17H21N5O2. The van der Waals surface area contributed by atoms with Gasteiger partial charge >= 0.3 is 6.01 Å². The number of anilines is 1. The van der Waals surface area contributed by atoms with Crippen LogP contribution in [0.3, 0.4) is 0 Å². The Morgan fingerprint density at radius 2 is 1.96 bits per heavy atom. The first-order valence-electron chi connectivity index (χ1n) is 8.58. The lowest BCUT2D eigenvalue weighted by Gasteiger charge is -2.27. The van der Waals surface area contributed by atoms with Crippen molar-refractivity contribution in [2.45, 2.75) is 45.7 Å². The molecule has 0 saturated carbocycles. The maximum absolute atomic E-state index is 13.0. The maximum atomic E-state index is 13.0. The Morgan fingerprint density at radius 1 is 1.12 bits per heavy atom. The number of hydrogen-bond acceptors (Lipinski definition) is 5. The molecule has 0 aliphatic carbocycles. The number of imidazole rings is 1. The lowest BCUT2D eigenvalue weighted by atomic mass is 10.1. The van der Waals surface area contributed by atoms with Crippen molar-refractivity contribution >= 4 is 17.1 Å². The molecule has 2 aromatic heterocycles. The Labute approximate surface area is 140 Å². The molecule has 4 rings (SSSR count). The number of nitrogens with zero attached hydrogens (tertiary/aromatic N) is 5. The quantitative estimate of drug-likeness (QED) is 0.780. The van der Waals surface area contributed by atoms with Crippen molar-refractivity contribution < 1.29 is 4.74 Å². The SMILES string of the molecule is CC#CCn1c(N2CCCCC2)nc2nc3n(c(=O)c21)CCCO3. The van der Waals surface area contributed by atoms with E-state index < -0.39 is 0 Å². The van der Waals surface area contributed by atoms with E-state index in [4.69, 9.17) is 4.74 Å². The zero-order valence-electron chi connectivity index (χ0n) is 13.9. The second kappa shape index (κ2) is 6.19. The summed E-state index contributed by atoms with van der Waals surface area (Å²) in [5, 5.41) is 0. The van der Waals surface area contributed by atoms with Gasteiger partial charge in [0.1, 0.15) is 0 Å². The van der Waals surface area contributed by atoms with Crippen LogP contribution < -0.4 is 15.2 Å². The zero-order chi connectivity index (χ0) is 16.5. The predicted octanol–water partition coefficient (Wildman–Crippen LogP) is 1.39. The summed E-state index contributed by atoms with van der Waals surface area (Å²) in [5.41, 5.74) is 0.919. The van der Waals surface area contributed by atoms with Crippen molar-refractivity contribution in [1.29, 1.82) is 0 Å². The number of aromatic nitrogens is 4. The summed E-state index contributed by atoms with van der Waals surface area (Å²) in [7, 11) is 0. The molecule has 4 heterocycles. The number of piperidine rings is 1. The zero-order valence-corrected chi connectivity index (χ0v) is 13.9. The van der Waals surface area contributed by atoms with E-state index in [1.807, 2.05) is 4.57 Å². The number of fused-ring (bicyclic) bond motifs is 2. The van der Waals surface area contributed by atoms with Crippen molar-refractivity contribution in [2.24, 2.45) is 0 Å². The third-order valence-corrected chi connectivity index (χ3v) is 4.62. The van der Waals surface area contributed by atoms with Crippen LogP contribution in [0.5, 0.6) is 6.01 Å². The Kier molecular flexibility index (Phi) is 3.89. The molecule has 1 fully saturated rings. The summed E-state index contributed by atoms with van der Waals surface area (Å²) in [4.78, 5) is 24.4. The molecule has 0 bridgehead atoms. The lowest BCUT2D eigenvalue weighted by Crippen LogP contribution is -2.32. The molecule has 2 aliphatic rings. The van der Waals surface area contributed by atoms with Gasteiger partial charge in [-0.3, -0.25) is 13.9 Å². The van der Waals surface area contributed by atoms with Gasteiger partial charge in [-0.2, -0.15) is 9.97 Å². The van der Waals surface area contributed by atoms with Crippen LogP contribution in [0.1, 0.15) is 32.6 Å². The molecule has 0 aromatic carbocycles. The van der Waals surface area contributed by atoms with Crippen molar-refractivity contribution in [2.75, 3.05) is 24.6 Å². The highest BCUT2D eigenvalue weighted by molar-refractivity contribution is 5.74. The highest BCUT2D eigenvalue weighted by atomic mass is 16.5. The highest BCUT2D eigenvalue weighted by Gasteiger charge is 2.24. The van der Waals surface area contributed by atoms with Gasteiger partial charge in [0, 0.05) is 19.6 Å². The fourth-order valence-electron chi connectivity index (χ4n) is 3.42. The van der Waals surface area contributed by atoms with Crippen LogP contribution in [0.15, 0.2) is 4.79 Å². The van der Waals surface area contributed by atoms with Gasteiger partial charge in [0.2, 0.25) is 5.95 Å². The lowest BCUT2D eigenvalue weighted by molar-refractivity contribution is 0.224. The molecule has 24 heavy (non-hydrogen) atoms. The van der Waals surface area contributed by atoms with E-state index in [0.29, 0.717) is 36.9 Å². The first kappa shape index (κ1) is 15.1. The van der Waals surface area contributed by atoms with Gasteiger partial charge in [-0.25, -0.2) is 0 Å². The predicted molar refractivity (Wildman–Crippen MR) is 91.4 cm³/mol. The number of rotatable bonds is 2. The highest BCUT2D eigenvalue weighted by Crippen LogP contribution is 2.24. The molecule has 126 valence electrons. The average molecular weight is 327 g/mol. The van der Waals surface area contributed by atoms with Gasteiger partial charge in [0.25, 0.3) is 5.56 Å². The molecule has 7 heteroatoms. The van der Waals surface area contributed by atoms with E-state index in [9.17, 15) is 4.79 Å². The number of hydrogen-bond donors (Lipinski definition) is 0. The standard InChI is InChI=1S/C17H21N5O2/c1-2-3-10-21-13-14(18-16(21)20-8-5-4-6-9-20)19-17-22(15(13)23)11-7-12-24-17/h4-12H2,1H3. The average Bonchev–Trinajstić information content (AvgIpc) is 2.99. The van der Waals surface area contributed by atoms with Gasteiger partial charge in [-0.15, -0.1) is 5.92 Å². The summed E-state index contributed by atoms with van der Waals surface area (Å²) in [6, 6.07) is 0.384. The Hall–Kier alpha value is -2.49. The van der Waals surface area contributed by atoms with Crippen molar-refractivity contribution in [3.63, 3.8) is 0 Å². The summed E-state index contributed by atoms with van der Waals surface area (Å²) in [6.45, 7) is 5.41. The third kappa shape index (κ3) is 2.42. The van der Waals surface area contributed by atoms with Crippen molar-refractivity contribution in [3.05, 3.63) is 10.4 Å². The second-order valence-electron chi connectivity index (χ2n) is 6.20. The van der Waals surface area contributed by atoms with Gasteiger partial charge in [0.15, 0.2) is 11.2 Å². The van der Waals surface area contributed by atoms with E-state index in [2.05, 4.69) is 26.7 Å². The summed E-state index contributed by atoms with van der Waals surface area (Å²) in [5.74, 6) is 6.79. The summed E-state index contributed by atoms with van der Waals surface area (Å²) >= 11 is 0. The van der Waals surface area contributed by atoms with Crippen LogP contribution >= 0.6 is 0 Å². The minimum absolute atomic E-state index is 0.0802. The maximum Gasteiger partial charge on any atom is 0.301 e. The third-order valence-electron chi connectivity index (χ3n) is 4.62. The van der Waals surface area contributed by atoms with Crippen LogP contribution in [0.4, 0.5) is 5.95 Å². The first-order valence-corrected chi connectivity index (χ1v) is 8.58. The molecular weight excluding hydrogens is 306 g/mol. The van der Waals surface area contributed by atoms with E-state index in [-0.39, 0.29) is 5.56 Å². The molecule has 7 nitrogen and oxygen atoms in total. The largest absolute Gasteiger partial charge is 0.464 e. The van der Waals surface area contributed by atoms with Crippen LogP contribution in [-0.2, 0) is 13.1 Å². The molecule has 0 spiro atoms. The van der Waals surface area contributed by atoms with Crippen molar-refractivity contribution in [1.82, 2.24) is 19.1 Å². The fourth-order valence-corrected chi connectivity index (χ4v) is 3.42. The molecule has 2 aromatic rings. The monoisotopic (exact) mass is 327 g/mol. The molecule has 0 unspecified atom stereocenters. The normalized spacial score (nSPS) is 17.1. The molecule has 2 aliphatic heterocycles. The topological polar surface area (TPSA) is 65.2 Å². The van der Waals surface area contributed by atoms with Gasteiger partial charge < -0.3 is 9.64 Å². The molecule has 1 saturated heterocycles. The smallest absolute Gasteiger partial charge is 0.301 e. The Morgan fingerprint density at radius 3 is 2.75 bits per heavy atom. The summed E-state index contributed by atoms with van der Waals surface area (Å²) < 4.78 is 9.09. The van der Waals surface area contributed by atoms with Gasteiger partial charge in [-0.05, 0) is 32.6 Å². The molecule has 0 radical (unpaired) electrons. The number of ether oxygens (including phenoxy) is 1. The first-order chi connectivity index (χ1) is 11.8. The Balaban J connectivity index is 1.92. The van der Waals surface area contributed by atoms with Crippen molar-refractivity contribution in [3.8, 4) is 17.9 Å². The molecule has 0 N–H and O–H groups in total. The van der Waals surface area contributed by atoms with Gasteiger partial charge in [-0.1, -0.05) is 5.92 Å². The van der Waals surface area contributed by atoms with Crippen LogP contribution in [0, 0.1) is 11.8 Å². The minimum atomic E-state index is -0.0802. The van der Waals surface area contributed by atoms with E-state index in [0.717, 1.165) is 38.3 Å². The second-order valence-corrected chi connectivity index (χ2v) is 6.20.